The van der Waals surface area contributed by atoms with E-state index in [1.165, 1.54) is 15.9 Å². The van der Waals surface area contributed by atoms with Gasteiger partial charge in [-0.1, -0.05) is 0 Å². The normalized spacial score (nSPS) is 14.3. The summed E-state index contributed by atoms with van der Waals surface area (Å²) in [4.78, 5) is 12.7. The van der Waals surface area contributed by atoms with E-state index in [-0.39, 0.29) is 9.45 Å². The fourth-order valence-electron chi connectivity index (χ4n) is 3.34. The molecule has 25 heavy (non-hydrogen) atoms. The molecule has 0 spiro atoms. The summed E-state index contributed by atoms with van der Waals surface area (Å²) in [6, 6.07) is 31.2. The van der Waals surface area contributed by atoms with E-state index in [2.05, 4.69) is 74.5 Å². The minimum atomic E-state index is -3.16. The van der Waals surface area contributed by atoms with Crippen molar-refractivity contribution in [2.75, 3.05) is 0 Å². The van der Waals surface area contributed by atoms with Crippen molar-refractivity contribution in [3.05, 3.63) is 91.0 Å². The van der Waals surface area contributed by atoms with Gasteiger partial charge in [0.2, 0.25) is 0 Å². The Labute approximate surface area is 170 Å². The van der Waals surface area contributed by atoms with Gasteiger partial charge in [-0.25, -0.2) is 0 Å². The molecule has 3 rings (SSSR count). The second-order valence-corrected chi connectivity index (χ2v) is 16.9. The summed E-state index contributed by atoms with van der Waals surface area (Å²) in [5, 5.41) is 0.346. The maximum absolute atomic E-state index is 12.7. The summed E-state index contributed by atoms with van der Waals surface area (Å²) < 4.78 is -0.212. The first-order chi connectivity index (χ1) is 12.0. The fourth-order valence-corrected chi connectivity index (χ4v) is 13.9. The number of rotatable bonds is 5. The topological polar surface area (TPSA) is 17.1 Å². The van der Waals surface area contributed by atoms with Crippen molar-refractivity contribution in [1.82, 2.24) is 0 Å². The minimum absolute atomic E-state index is 0.173. The van der Waals surface area contributed by atoms with Crippen molar-refractivity contribution in [3.63, 3.8) is 0 Å². The van der Waals surface area contributed by atoms with E-state index in [4.69, 9.17) is 0 Å². The van der Waals surface area contributed by atoms with E-state index in [1.54, 1.807) is 6.92 Å². The zero-order chi connectivity index (χ0) is 17.9. The molecule has 0 heterocycles. The summed E-state index contributed by atoms with van der Waals surface area (Å²) in [6.45, 7) is 1.69. The number of halogens is 2. The van der Waals surface area contributed by atoms with E-state index in [0.717, 1.165) is 0 Å². The molecular weight excluding hydrogens is 506 g/mol. The second kappa shape index (κ2) is 7.30. The molecular formula is C21H19BrIOP. The molecule has 0 aromatic heterocycles. The van der Waals surface area contributed by atoms with Crippen LogP contribution in [-0.2, 0) is 4.79 Å². The monoisotopic (exact) mass is 524 g/mol. The zero-order valence-electron chi connectivity index (χ0n) is 13.8. The van der Waals surface area contributed by atoms with Crippen molar-refractivity contribution in [2.45, 2.75) is 10.6 Å². The Morgan fingerprint density at radius 2 is 1.04 bits per heavy atom. The Morgan fingerprint density at radius 3 is 1.28 bits per heavy atom. The molecule has 3 aromatic rings. The summed E-state index contributed by atoms with van der Waals surface area (Å²) in [7, 11) is 0. The van der Waals surface area contributed by atoms with E-state index >= 15 is 0 Å². The molecule has 1 atom stereocenters. The molecule has 0 amide bonds. The molecule has 1 nitrogen and oxygen atoms in total. The van der Waals surface area contributed by atoms with Crippen LogP contribution in [0.25, 0.3) is 0 Å². The molecule has 128 valence electrons. The number of benzene rings is 3. The Hall–Kier alpha value is -1.03. The first-order valence-electron chi connectivity index (χ1n) is 8.04. The van der Waals surface area contributed by atoms with Crippen LogP contribution in [0.15, 0.2) is 91.0 Å². The fraction of sp³-hybridized carbons (Fsp3) is 0.0952. The summed E-state index contributed by atoms with van der Waals surface area (Å²) in [5.74, 6) is 0.173. The SMILES string of the molecule is CC(=O)C(I)P(Br)(c1ccccc1)(c1ccccc1)c1ccccc1. The Morgan fingerprint density at radius 1 is 0.760 bits per heavy atom. The van der Waals surface area contributed by atoms with Crippen molar-refractivity contribution < 1.29 is 4.79 Å². The summed E-state index contributed by atoms with van der Waals surface area (Å²) in [6.07, 6.45) is 0. The Balaban J connectivity index is 2.52. The maximum atomic E-state index is 12.7. The van der Waals surface area contributed by atoms with Gasteiger partial charge in [-0.05, 0) is 0 Å². The van der Waals surface area contributed by atoms with Gasteiger partial charge >= 0.3 is 171 Å². The van der Waals surface area contributed by atoms with E-state index < -0.39 is 5.31 Å². The van der Waals surface area contributed by atoms with E-state index in [0.29, 0.717) is 0 Å². The summed E-state index contributed by atoms with van der Waals surface area (Å²) in [5.41, 5.74) is 0. The van der Waals surface area contributed by atoms with Gasteiger partial charge in [-0.3, -0.25) is 0 Å². The van der Waals surface area contributed by atoms with Crippen LogP contribution in [0.2, 0.25) is 0 Å². The predicted octanol–water partition coefficient (Wildman–Crippen LogP) is 5.18. The van der Waals surface area contributed by atoms with Crippen molar-refractivity contribution in [1.29, 1.82) is 0 Å². The van der Waals surface area contributed by atoms with Gasteiger partial charge in [0.05, 0.1) is 0 Å². The van der Waals surface area contributed by atoms with Gasteiger partial charge in [0.15, 0.2) is 0 Å². The molecule has 0 fully saturated rings. The van der Waals surface area contributed by atoms with E-state index in [9.17, 15) is 4.79 Å². The molecule has 0 saturated heterocycles. The molecule has 0 aliphatic rings. The third-order valence-corrected chi connectivity index (χ3v) is 21.1. The molecule has 0 bridgehead atoms. The molecule has 0 saturated carbocycles. The number of ketones is 1. The van der Waals surface area contributed by atoms with Gasteiger partial charge < -0.3 is 0 Å². The number of alkyl halides is 1. The molecule has 0 radical (unpaired) electrons. The van der Waals surface area contributed by atoms with Crippen LogP contribution in [0.1, 0.15) is 6.92 Å². The van der Waals surface area contributed by atoms with Crippen molar-refractivity contribution in [2.24, 2.45) is 0 Å². The van der Waals surface area contributed by atoms with Crippen LogP contribution >= 0.6 is 43.4 Å². The first-order valence-corrected chi connectivity index (χ1v) is 13.6. The average molecular weight is 525 g/mol. The standard InChI is InChI=1S/C21H19BrIOP/c1-17(24)21(23)25(22,18-11-5-2-6-12-18,19-13-7-3-8-14-19)20-15-9-4-10-16-20/h2-16,21H,1H3. The zero-order valence-corrected chi connectivity index (χ0v) is 18.5. The van der Waals surface area contributed by atoms with Gasteiger partial charge in [0.25, 0.3) is 0 Å². The number of hydrogen-bond acceptors (Lipinski definition) is 1. The van der Waals surface area contributed by atoms with Gasteiger partial charge in [0.1, 0.15) is 0 Å². The van der Waals surface area contributed by atoms with Crippen LogP contribution in [0.5, 0.6) is 0 Å². The quantitative estimate of drug-likeness (QED) is 0.255. The molecule has 0 N–H and O–H groups in total. The van der Waals surface area contributed by atoms with Gasteiger partial charge in [0, 0.05) is 0 Å². The number of hydrogen-bond donors (Lipinski definition) is 0. The van der Waals surface area contributed by atoms with E-state index in [1.807, 2.05) is 54.6 Å². The van der Waals surface area contributed by atoms with Crippen LogP contribution in [0.3, 0.4) is 0 Å². The van der Waals surface area contributed by atoms with Crippen LogP contribution in [0.4, 0.5) is 0 Å². The molecule has 4 heteroatoms. The van der Waals surface area contributed by atoms with Crippen molar-refractivity contribution >= 4 is 65.1 Å². The molecule has 0 aliphatic carbocycles. The van der Waals surface area contributed by atoms with Crippen LogP contribution < -0.4 is 15.9 Å². The second-order valence-electron chi connectivity index (χ2n) is 6.03. The van der Waals surface area contributed by atoms with Gasteiger partial charge in [-0.2, -0.15) is 0 Å². The number of carbonyl (C=O) groups is 1. The Kier molecular flexibility index (Phi) is 5.48. The molecule has 3 aromatic carbocycles. The predicted molar refractivity (Wildman–Crippen MR) is 123 cm³/mol. The third kappa shape index (κ3) is 2.90. The van der Waals surface area contributed by atoms with Crippen molar-refractivity contribution in [3.8, 4) is 0 Å². The average Bonchev–Trinajstić information content (AvgIpc) is 2.69. The summed E-state index contributed by atoms with van der Waals surface area (Å²) >= 11 is 6.62. The van der Waals surface area contributed by atoms with Gasteiger partial charge in [-0.15, -0.1) is 0 Å². The number of Topliss-reactive ketones (excluding diaryl/α,β-unsaturated/α-hetero) is 1. The van der Waals surface area contributed by atoms with Crippen LogP contribution in [-0.4, -0.2) is 9.45 Å². The van der Waals surface area contributed by atoms with Crippen LogP contribution in [0, 0.1) is 0 Å². The first kappa shape index (κ1) is 18.8. The third-order valence-electron chi connectivity index (χ3n) is 4.54. The molecule has 1 unspecified atom stereocenters. The Bertz CT molecular complexity index is 769. The number of carbonyl (C=O) groups excluding carboxylic acids is 1. The molecule has 0 aliphatic heterocycles.